The average molecular weight is 91.1 g/mol. The highest BCUT2D eigenvalue weighted by atomic mass is 17.0. The zero-order valence-corrected chi connectivity index (χ0v) is 4.27. The van der Waals surface area contributed by atoms with Crippen LogP contribution in [0.1, 0.15) is 26.7 Å². The predicted octanol–water partition coefficient (Wildman–Crippen LogP) is 1.70. The topological polar surface area (TPSA) is 40.1 Å². The van der Waals surface area contributed by atoms with Gasteiger partial charge in [0.2, 0.25) is 0 Å². The van der Waals surface area contributed by atoms with E-state index in [-0.39, 0.29) is 0 Å². The average Bonchev–Trinajstić information content (AvgIpc) is 1.72. The lowest BCUT2D eigenvalue weighted by atomic mass is 10.4. The third-order valence-corrected chi connectivity index (χ3v) is 0.500. The van der Waals surface area contributed by atoms with Crippen LogP contribution in [0, 0.1) is 0 Å². The van der Waals surface area contributed by atoms with E-state index < -0.39 is 0 Å². The molecule has 1 N–H and O–H groups in total. The normalized spacial score (nSPS) is 6.00. The molecule has 1 radical (unpaired) electrons. The lowest BCUT2D eigenvalue weighted by Crippen LogP contribution is -1.47. The zero-order valence-electron chi connectivity index (χ0n) is 4.27. The molecule has 0 rings (SSSR count). The predicted molar refractivity (Wildman–Crippen MR) is 23.9 cm³/mol. The number of hydrogen-bond acceptors (Lipinski definition) is 1. The van der Waals surface area contributed by atoms with Crippen molar-refractivity contribution in [3.63, 3.8) is 0 Å². The van der Waals surface area contributed by atoms with Gasteiger partial charge in [0, 0.05) is 0 Å². The van der Waals surface area contributed by atoms with E-state index in [0.717, 1.165) is 0 Å². The highest BCUT2D eigenvalue weighted by molar-refractivity contribution is 4.12. The minimum absolute atomic E-state index is 1.32. The minimum Gasteiger partial charge on any atom is -0.219 e. The van der Waals surface area contributed by atoms with Gasteiger partial charge in [-0.1, -0.05) is 26.7 Å². The number of hydrogen-bond donors (Lipinski definition) is 1. The molecule has 0 aliphatic rings. The van der Waals surface area contributed by atoms with Gasteiger partial charge in [-0.3, -0.25) is 0 Å². The van der Waals surface area contributed by atoms with Crippen molar-refractivity contribution in [1.29, 1.82) is 0 Å². The van der Waals surface area contributed by atoms with Gasteiger partial charge >= 0.3 is 0 Å². The van der Waals surface area contributed by atoms with Crippen molar-refractivity contribution in [2.24, 2.45) is 0 Å². The highest BCUT2D eigenvalue weighted by Crippen LogP contribution is 1.76. The van der Waals surface area contributed by atoms with E-state index in [1.165, 1.54) is 12.8 Å². The van der Waals surface area contributed by atoms with Gasteiger partial charge in [-0.15, -0.1) is 0 Å². The summed E-state index contributed by atoms with van der Waals surface area (Å²) in [4.78, 5) is 0. The van der Waals surface area contributed by atoms with E-state index in [9.17, 15) is 0 Å². The van der Waals surface area contributed by atoms with Crippen molar-refractivity contribution in [1.82, 2.24) is 0 Å². The van der Waals surface area contributed by atoms with Crippen molar-refractivity contribution in [3.05, 3.63) is 0 Å². The monoisotopic (exact) mass is 91.1 g/mol. The van der Waals surface area contributed by atoms with E-state index in [0.29, 0.717) is 0 Å². The summed E-state index contributed by atoms with van der Waals surface area (Å²) in [7, 11) is 0. The van der Waals surface area contributed by atoms with Crippen LogP contribution < -0.4 is 0 Å². The highest BCUT2D eigenvalue weighted by Gasteiger charge is 1.56. The minimum atomic E-state index is 1.32. The fourth-order valence-electron chi connectivity index (χ4n) is 0. The third kappa shape index (κ3) is 39.5. The second-order valence-corrected chi connectivity index (χ2v) is 1.000. The molecule has 0 amide bonds. The molecule has 0 bridgehead atoms. The molecule has 0 spiro atoms. The molecule has 39 valence electrons. The van der Waals surface area contributed by atoms with Crippen LogP contribution in [0.25, 0.3) is 0 Å². The summed E-state index contributed by atoms with van der Waals surface area (Å²) in [5.74, 6) is 0. The van der Waals surface area contributed by atoms with Gasteiger partial charge in [0.05, 0.1) is 0 Å². The molecule has 0 heterocycles. The van der Waals surface area contributed by atoms with Crippen molar-refractivity contribution in [2.45, 2.75) is 26.7 Å². The van der Waals surface area contributed by atoms with Crippen LogP contribution in [0.2, 0.25) is 0 Å². The van der Waals surface area contributed by atoms with Crippen molar-refractivity contribution in [3.8, 4) is 0 Å². The Morgan fingerprint density at radius 2 is 1.33 bits per heavy atom. The Morgan fingerprint density at radius 3 is 1.33 bits per heavy atom. The van der Waals surface area contributed by atoms with Gasteiger partial charge < -0.3 is 0 Å². The molecular weight excluding hydrogens is 80.0 g/mol. The van der Waals surface area contributed by atoms with E-state index >= 15 is 0 Å². The van der Waals surface area contributed by atoms with Crippen LogP contribution in [0.5, 0.6) is 0 Å². The molecule has 0 aromatic heterocycles. The van der Waals surface area contributed by atoms with Crippen LogP contribution >= 0.6 is 0 Å². The first-order valence-corrected chi connectivity index (χ1v) is 2.10. The number of unbranched alkanes of at least 4 members (excludes halogenated alkanes) is 1. The lowest BCUT2D eigenvalue weighted by molar-refractivity contribution is -0.247. The largest absolute Gasteiger partial charge is 0.219 e. The fourth-order valence-corrected chi connectivity index (χ4v) is 0. The summed E-state index contributed by atoms with van der Waals surface area (Å²) in [5, 5.41) is 13.0. The SMILES string of the molecule is CCCC.[O]O. The van der Waals surface area contributed by atoms with Crippen LogP contribution in [0.3, 0.4) is 0 Å². The summed E-state index contributed by atoms with van der Waals surface area (Å²) < 4.78 is 0. The number of rotatable bonds is 1. The molecule has 2 heteroatoms. The Hall–Kier alpha value is -0.0800. The second-order valence-electron chi connectivity index (χ2n) is 1.000. The van der Waals surface area contributed by atoms with Gasteiger partial charge in [0.25, 0.3) is 0 Å². The third-order valence-electron chi connectivity index (χ3n) is 0.500. The maximum absolute atomic E-state index is 7.25. The van der Waals surface area contributed by atoms with Gasteiger partial charge in [-0.2, -0.15) is 0 Å². The molecule has 0 aromatic carbocycles. The lowest BCUT2D eigenvalue weighted by Gasteiger charge is -1.68. The maximum Gasteiger partial charge on any atom is -0.0395 e. The van der Waals surface area contributed by atoms with Crippen molar-refractivity contribution >= 4 is 0 Å². The quantitative estimate of drug-likeness (QED) is 0.387. The van der Waals surface area contributed by atoms with Gasteiger partial charge in [-0.05, 0) is 5.26 Å². The van der Waals surface area contributed by atoms with Crippen LogP contribution in [-0.4, -0.2) is 5.26 Å². The standard InChI is InChI=1S/C4H10.HO2/c1-3-4-2;1-2/h3-4H2,1-2H3;1H. The molecule has 0 saturated heterocycles. The molecule has 0 atom stereocenters. The summed E-state index contributed by atoms with van der Waals surface area (Å²) in [5.41, 5.74) is 0. The Morgan fingerprint density at radius 1 is 1.17 bits per heavy atom. The zero-order chi connectivity index (χ0) is 5.41. The molecule has 0 saturated carbocycles. The van der Waals surface area contributed by atoms with E-state index in [2.05, 4.69) is 13.8 Å². The smallest absolute Gasteiger partial charge is 0.0395 e. The Kier molecular flexibility index (Phi) is 31.9. The first-order chi connectivity index (χ1) is 2.91. The summed E-state index contributed by atoms with van der Waals surface area (Å²) in [6.45, 7) is 4.36. The molecular formula is C4H11O2. The van der Waals surface area contributed by atoms with Gasteiger partial charge in [-0.25, -0.2) is 5.26 Å². The summed E-state index contributed by atoms with van der Waals surface area (Å²) in [6, 6.07) is 0. The molecule has 0 aliphatic heterocycles. The first-order valence-electron chi connectivity index (χ1n) is 2.10. The van der Waals surface area contributed by atoms with E-state index in [1.807, 2.05) is 0 Å². The molecule has 0 aliphatic carbocycles. The van der Waals surface area contributed by atoms with Gasteiger partial charge in [0.15, 0.2) is 0 Å². The molecule has 0 aromatic rings. The van der Waals surface area contributed by atoms with Crippen LogP contribution in [0.15, 0.2) is 0 Å². The van der Waals surface area contributed by atoms with E-state index in [4.69, 9.17) is 10.5 Å². The first kappa shape index (κ1) is 9.33. The summed E-state index contributed by atoms with van der Waals surface area (Å²) in [6.07, 6.45) is 2.64. The van der Waals surface area contributed by atoms with Gasteiger partial charge in [0.1, 0.15) is 0 Å². The maximum atomic E-state index is 7.25. The van der Waals surface area contributed by atoms with Crippen molar-refractivity contribution in [2.75, 3.05) is 0 Å². The summed E-state index contributed by atoms with van der Waals surface area (Å²) >= 11 is 0. The Balaban J connectivity index is 0. The van der Waals surface area contributed by atoms with Crippen molar-refractivity contribution < 1.29 is 10.5 Å². The van der Waals surface area contributed by atoms with E-state index in [1.54, 1.807) is 0 Å². The Labute approximate surface area is 38.4 Å². The fraction of sp³-hybridized carbons (Fsp3) is 1.00. The van der Waals surface area contributed by atoms with Crippen LogP contribution in [-0.2, 0) is 5.26 Å². The second kappa shape index (κ2) is 20.5. The molecule has 6 heavy (non-hydrogen) atoms. The Bertz CT molecular complexity index is 7.51. The van der Waals surface area contributed by atoms with Crippen LogP contribution in [0.4, 0.5) is 0 Å². The molecule has 0 fully saturated rings. The molecule has 2 nitrogen and oxygen atoms in total. The molecule has 0 unspecified atom stereocenters.